The van der Waals surface area contributed by atoms with Crippen LogP contribution in [0, 0.1) is 0 Å². The number of rotatable bonds is 4. The van der Waals surface area contributed by atoms with Crippen LogP contribution in [0.1, 0.15) is 27.7 Å². The number of hydrogen-bond acceptors (Lipinski definition) is 4. The van der Waals surface area contributed by atoms with Gasteiger partial charge in [0.2, 0.25) is 5.91 Å². The van der Waals surface area contributed by atoms with E-state index in [4.69, 9.17) is 4.74 Å². The Bertz CT molecular complexity index is 869. The molecule has 1 unspecified atom stereocenters. The van der Waals surface area contributed by atoms with E-state index >= 15 is 0 Å². The number of nitrogens with one attached hydrogen (secondary N) is 1. The Kier molecular flexibility index (Phi) is 6.77. The van der Waals surface area contributed by atoms with E-state index in [0.29, 0.717) is 26.2 Å². The first-order valence-corrected chi connectivity index (χ1v) is 10.4. The molecular weight excluding hydrogens is 378 g/mol. The van der Waals surface area contributed by atoms with Crippen LogP contribution in [0.2, 0.25) is 0 Å². The molecule has 0 aliphatic carbocycles. The fourth-order valence-electron chi connectivity index (χ4n) is 3.48. The highest BCUT2D eigenvalue weighted by Crippen LogP contribution is 2.27. The summed E-state index contributed by atoms with van der Waals surface area (Å²) in [6.45, 7) is 9.86. The highest BCUT2D eigenvalue weighted by molar-refractivity contribution is 5.98. The molecule has 0 bridgehead atoms. The highest BCUT2D eigenvalue weighted by Gasteiger charge is 2.30. The van der Waals surface area contributed by atoms with Crippen molar-refractivity contribution in [3.8, 4) is 11.1 Å². The number of para-hydroxylation sites is 1. The number of benzene rings is 2. The number of anilines is 1. The molecule has 6 heteroatoms. The number of nitrogens with zero attached hydrogens (tertiary/aromatic N) is 2. The summed E-state index contributed by atoms with van der Waals surface area (Å²) < 4.78 is 5.44. The molecule has 1 N–H and O–H groups in total. The lowest BCUT2D eigenvalue weighted by molar-refractivity contribution is -0.121. The molecular formula is C24H31N3O3. The molecule has 2 amide bonds. The third kappa shape index (κ3) is 5.60. The first kappa shape index (κ1) is 21.8. The summed E-state index contributed by atoms with van der Waals surface area (Å²) in [6.07, 6.45) is -0.295. The molecule has 1 heterocycles. The first-order chi connectivity index (χ1) is 14.2. The number of carbonyl (C=O) groups is 2. The Balaban J connectivity index is 1.60. The van der Waals surface area contributed by atoms with Crippen molar-refractivity contribution in [2.24, 2.45) is 0 Å². The van der Waals surface area contributed by atoms with Crippen molar-refractivity contribution in [2.75, 3.05) is 31.5 Å². The molecule has 1 fully saturated rings. The van der Waals surface area contributed by atoms with Gasteiger partial charge in [-0.25, -0.2) is 4.79 Å². The van der Waals surface area contributed by atoms with Crippen LogP contribution in [0.15, 0.2) is 54.6 Å². The Morgan fingerprint density at radius 3 is 2.17 bits per heavy atom. The molecule has 1 aliphatic rings. The van der Waals surface area contributed by atoms with Crippen LogP contribution < -0.4 is 5.32 Å². The van der Waals surface area contributed by atoms with E-state index < -0.39 is 5.60 Å². The van der Waals surface area contributed by atoms with Crippen molar-refractivity contribution in [2.45, 2.75) is 39.3 Å². The Hall–Kier alpha value is -2.86. The van der Waals surface area contributed by atoms with Gasteiger partial charge in [-0.2, -0.15) is 0 Å². The third-order valence-electron chi connectivity index (χ3n) is 5.16. The van der Waals surface area contributed by atoms with E-state index in [1.54, 1.807) is 4.90 Å². The van der Waals surface area contributed by atoms with Gasteiger partial charge in [-0.1, -0.05) is 48.5 Å². The summed E-state index contributed by atoms with van der Waals surface area (Å²) in [7, 11) is 0. The van der Waals surface area contributed by atoms with Crippen molar-refractivity contribution in [3.05, 3.63) is 54.6 Å². The highest BCUT2D eigenvalue weighted by atomic mass is 16.6. The van der Waals surface area contributed by atoms with Crippen molar-refractivity contribution in [1.82, 2.24) is 9.80 Å². The van der Waals surface area contributed by atoms with E-state index in [0.717, 1.165) is 16.8 Å². The zero-order valence-corrected chi connectivity index (χ0v) is 18.2. The molecule has 30 heavy (non-hydrogen) atoms. The average Bonchev–Trinajstić information content (AvgIpc) is 2.73. The Morgan fingerprint density at radius 1 is 0.933 bits per heavy atom. The summed E-state index contributed by atoms with van der Waals surface area (Å²) in [6, 6.07) is 17.5. The summed E-state index contributed by atoms with van der Waals surface area (Å²) in [5.74, 6) is -0.0518. The number of carbonyl (C=O) groups excluding carboxylic acids is 2. The smallest absolute Gasteiger partial charge is 0.410 e. The minimum absolute atomic E-state index is 0.0518. The predicted octanol–water partition coefficient (Wildman–Crippen LogP) is 4.23. The van der Waals surface area contributed by atoms with Crippen molar-refractivity contribution >= 4 is 17.7 Å². The number of amides is 2. The average molecular weight is 410 g/mol. The molecule has 0 aromatic heterocycles. The topological polar surface area (TPSA) is 61.9 Å². The van der Waals surface area contributed by atoms with Gasteiger partial charge in [-0.05, 0) is 39.3 Å². The second-order valence-corrected chi connectivity index (χ2v) is 8.58. The second-order valence-electron chi connectivity index (χ2n) is 8.58. The van der Waals surface area contributed by atoms with Crippen LogP contribution in [0.3, 0.4) is 0 Å². The molecule has 160 valence electrons. The van der Waals surface area contributed by atoms with Gasteiger partial charge in [0.05, 0.1) is 6.04 Å². The van der Waals surface area contributed by atoms with Gasteiger partial charge in [0, 0.05) is 37.4 Å². The number of ether oxygens (including phenoxy) is 1. The molecule has 0 spiro atoms. The van der Waals surface area contributed by atoms with Gasteiger partial charge in [0.1, 0.15) is 5.60 Å². The lowest BCUT2D eigenvalue weighted by Gasteiger charge is -2.37. The quantitative estimate of drug-likeness (QED) is 0.821. The van der Waals surface area contributed by atoms with Crippen LogP contribution in [0.25, 0.3) is 11.1 Å². The van der Waals surface area contributed by atoms with Crippen LogP contribution in [0.4, 0.5) is 10.5 Å². The van der Waals surface area contributed by atoms with Gasteiger partial charge >= 0.3 is 6.09 Å². The third-order valence-corrected chi connectivity index (χ3v) is 5.16. The predicted molar refractivity (Wildman–Crippen MR) is 119 cm³/mol. The molecule has 6 nitrogen and oxygen atoms in total. The Labute approximate surface area is 178 Å². The van der Waals surface area contributed by atoms with Gasteiger partial charge in [0.25, 0.3) is 0 Å². The van der Waals surface area contributed by atoms with E-state index in [1.165, 1.54) is 0 Å². The van der Waals surface area contributed by atoms with Gasteiger partial charge in [-0.15, -0.1) is 0 Å². The molecule has 1 atom stereocenters. The monoisotopic (exact) mass is 409 g/mol. The molecule has 2 aromatic rings. The fraction of sp³-hybridized carbons (Fsp3) is 0.417. The molecule has 0 radical (unpaired) electrons. The van der Waals surface area contributed by atoms with Crippen LogP contribution in [-0.2, 0) is 9.53 Å². The van der Waals surface area contributed by atoms with E-state index in [1.807, 2.05) is 82.3 Å². The lowest BCUT2D eigenvalue weighted by atomic mass is 10.0. The SMILES string of the molecule is CC(C(=O)Nc1ccccc1-c1ccccc1)N1CCN(C(=O)OC(C)(C)C)CC1. The standard InChI is InChI=1S/C24H31N3O3/c1-18(26-14-16-27(17-15-26)23(29)30-24(2,3)4)22(28)25-21-13-9-8-12-20(21)19-10-6-5-7-11-19/h5-13,18H,14-17H2,1-4H3,(H,25,28). The van der Waals surface area contributed by atoms with E-state index in [2.05, 4.69) is 10.2 Å². The number of piperazine rings is 1. The summed E-state index contributed by atoms with van der Waals surface area (Å²) in [5.41, 5.74) is 2.35. The number of hydrogen-bond donors (Lipinski definition) is 1. The maximum atomic E-state index is 12.9. The van der Waals surface area contributed by atoms with Crippen LogP contribution in [0.5, 0.6) is 0 Å². The maximum absolute atomic E-state index is 12.9. The van der Waals surface area contributed by atoms with Crippen molar-refractivity contribution in [1.29, 1.82) is 0 Å². The summed E-state index contributed by atoms with van der Waals surface area (Å²) >= 11 is 0. The first-order valence-electron chi connectivity index (χ1n) is 10.4. The zero-order valence-electron chi connectivity index (χ0n) is 18.2. The van der Waals surface area contributed by atoms with Crippen LogP contribution >= 0.6 is 0 Å². The molecule has 1 aliphatic heterocycles. The molecule has 2 aromatic carbocycles. The van der Waals surface area contributed by atoms with E-state index in [-0.39, 0.29) is 18.0 Å². The normalized spacial score (nSPS) is 16.1. The minimum atomic E-state index is -0.506. The summed E-state index contributed by atoms with van der Waals surface area (Å²) in [5, 5.41) is 3.09. The van der Waals surface area contributed by atoms with Crippen molar-refractivity contribution in [3.63, 3.8) is 0 Å². The Morgan fingerprint density at radius 2 is 1.53 bits per heavy atom. The molecule has 3 rings (SSSR count). The van der Waals surface area contributed by atoms with Gasteiger partial charge in [0.15, 0.2) is 0 Å². The molecule has 1 saturated heterocycles. The fourth-order valence-corrected chi connectivity index (χ4v) is 3.48. The largest absolute Gasteiger partial charge is 0.444 e. The van der Waals surface area contributed by atoms with Crippen molar-refractivity contribution < 1.29 is 14.3 Å². The summed E-state index contributed by atoms with van der Waals surface area (Å²) in [4.78, 5) is 29.0. The minimum Gasteiger partial charge on any atom is -0.444 e. The zero-order chi connectivity index (χ0) is 21.7. The van der Waals surface area contributed by atoms with E-state index in [9.17, 15) is 9.59 Å². The lowest BCUT2D eigenvalue weighted by Crippen LogP contribution is -2.54. The molecule has 0 saturated carbocycles. The maximum Gasteiger partial charge on any atom is 0.410 e. The van der Waals surface area contributed by atoms with Gasteiger partial charge in [-0.3, -0.25) is 9.69 Å². The van der Waals surface area contributed by atoms with Crippen LogP contribution in [-0.4, -0.2) is 59.6 Å². The second kappa shape index (κ2) is 9.30. The van der Waals surface area contributed by atoms with Gasteiger partial charge < -0.3 is 15.0 Å².